The van der Waals surface area contributed by atoms with Gasteiger partial charge in [0.2, 0.25) is 0 Å². The molecule has 3 aliphatic rings. The Labute approximate surface area is 157 Å². The van der Waals surface area contributed by atoms with Crippen molar-refractivity contribution >= 4 is 0 Å². The molecule has 0 saturated heterocycles. The highest BCUT2D eigenvalue weighted by molar-refractivity contribution is 5.45. The van der Waals surface area contributed by atoms with Gasteiger partial charge in [0.1, 0.15) is 12.1 Å². The van der Waals surface area contributed by atoms with Crippen molar-refractivity contribution in [3.8, 4) is 17.8 Å². The average molecular weight is 369 g/mol. The Morgan fingerprint density at radius 1 is 0.929 bits per heavy atom. The molecule has 3 heterocycles. The van der Waals surface area contributed by atoms with Crippen molar-refractivity contribution in [3.63, 3.8) is 0 Å². The summed E-state index contributed by atoms with van der Waals surface area (Å²) in [6, 6.07) is 12.2. The third kappa shape index (κ3) is 1.52. The maximum Gasteiger partial charge on any atom is 0.352 e. The molecule has 3 aromatic rings. The van der Waals surface area contributed by atoms with Crippen molar-refractivity contribution in [1.29, 1.82) is 10.5 Å². The largest absolute Gasteiger partial charge is 0.352 e. The molecule has 2 aromatic heterocycles. The number of rotatable bonds is 1. The van der Waals surface area contributed by atoms with Crippen LogP contribution in [0, 0.1) is 22.7 Å². The zero-order valence-electron chi connectivity index (χ0n) is 14.4. The fourth-order valence-corrected chi connectivity index (χ4v) is 5.19. The highest BCUT2D eigenvalue weighted by Crippen LogP contribution is 2.65. The van der Waals surface area contributed by atoms with Gasteiger partial charge >= 0.3 is 11.4 Å². The molecule has 134 valence electrons. The van der Waals surface area contributed by atoms with Gasteiger partial charge in [0.25, 0.3) is 0 Å². The third-order valence-electron chi connectivity index (χ3n) is 6.14. The molecule has 4 bridgehead atoms. The quantitative estimate of drug-likeness (QED) is 0.623. The van der Waals surface area contributed by atoms with Crippen molar-refractivity contribution in [2.24, 2.45) is 0 Å². The standard InChI is InChI=1S/C19H11N7O2/c20-7-11-12(8-21)23-16-14-13-6-10(15(16)22-11)17(14)26-19(28)24(18(27)25(13)26)9-4-2-1-3-5-9/h1-5,10,13-14,17H,6H2. The van der Waals surface area contributed by atoms with Gasteiger partial charge in [0.05, 0.1) is 29.2 Å². The molecule has 0 radical (unpaired) electrons. The molecule has 9 heteroatoms. The Kier molecular flexibility index (Phi) is 2.61. The number of hydrogen-bond donors (Lipinski definition) is 0. The van der Waals surface area contributed by atoms with E-state index >= 15 is 0 Å². The summed E-state index contributed by atoms with van der Waals surface area (Å²) in [4.78, 5) is 35.0. The minimum atomic E-state index is -0.382. The van der Waals surface area contributed by atoms with Crippen LogP contribution in [0.25, 0.3) is 5.69 Å². The first-order chi connectivity index (χ1) is 13.7. The predicted octanol–water partition coefficient (Wildman–Crippen LogP) is 0.715. The lowest BCUT2D eigenvalue weighted by Gasteiger charge is -2.24. The van der Waals surface area contributed by atoms with Crippen molar-refractivity contribution in [1.82, 2.24) is 23.9 Å². The van der Waals surface area contributed by atoms with Crippen LogP contribution in [0.15, 0.2) is 39.9 Å². The smallest absolute Gasteiger partial charge is 0.245 e. The van der Waals surface area contributed by atoms with Crippen LogP contribution in [-0.2, 0) is 0 Å². The number of hydrogen-bond acceptors (Lipinski definition) is 6. The number of nitrogens with zero attached hydrogens (tertiary/aromatic N) is 7. The lowest BCUT2D eigenvalue weighted by atomic mass is 9.95. The third-order valence-corrected chi connectivity index (χ3v) is 6.14. The van der Waals surface area contributed by atoms with Crippen molar-refractivity contribution in [2.45, 2.75) is 30.3 Å². The monoisotopic (exact) mass is 369 g/mol. The number of nitriles is 2. The molecule has 6 rings (SSSR count). The molecule has 1 saturated carbocycles. The second kappa shape index (κ2) is 4.84. The Bertz CT molecular complexity index is 1380. The average Bonchev–Trinajstić information content (AvgIpc) is 3.42. The normalized spacial score (nSPS) is 25.2. The van der Waals surface area contributed by atoms with E-state index in [0.29, 0.717) is 23.5 Å². The molecule has 4 atom stereocenters. The number of para-hydroxylation sites is 1. The summed E-state index contributed by atoms with van der Waals surface area (Å²) in [5.74, 6) is -0.251. The summed E-state index contributed by atoms with van der Waals surface area (Å²) in [6.45, 7) is 0. The highest BCUT2D eigenvalue weighted by Gasteiger charge is 2.62. The second-order valence-electron chi connectivity index (χ2n) is 7.27. The zero-order valence-corrected chi connectivity index (χ0v) is 14.4. The van der Waals surface area contributed by atoms with Crippen LogP contribution in [-0.4, -0.2) is 23.9 Å². The number of aromatic nitrogens is 5. The second-order valence-corrected chi connectivity index (χ2v) is 7.27. The van der Waals surface area contributed by atoms with E-state index in [1.807, 2.05) is 18.2 Å². The Morgan fingerprint density at radius 3 is 2.25 bits per heavy atom. The maximum atomic E-state index is 13.1. The van der Waals surface area contributed by atoms with E-state index in [0.717, 1.165) is 0 Å². The topological polar surface area (TPSA) is 122 Å². The van der Waals surface area contributed by atoms with Crippen molar-refractivity contribution in [2.75, 3.05) is 0 Å². The molecule has 0 N–H and O–H groups in total. The first-order valence-corrected chi connectivity index (χ1v) is 8.89. The predicted molar refractivity (Wildman–Crippen MR) is 93.9 cm³/mol. The molecule has 1 aromatic carbocycles. The van der Waals surface area contributed by atoms with Gasteiger partial charge in [-0.2, -0.15) is 10.5 Å². The van der Waals surface area contributed by atoms with Gasteiger partial charge in [-0.25, -0.2) is 33.5 Å². The molecule has 9 nitrogen and oxygen atoms in total. The van der Waals surface area contributed by atoms with Gasteiger partial charge in [0, 0.05) is 11.8 Å². The first-order valence-electron chi connectivity index (χ1n) is 8.89. The van der Waals surface area contributed by atoms with E-state index in [4.69, 9.17) is 0 Å². The molecular weight excluding hydrogens is 358 g/mol. The summed E-state index contributed by atoms with van der Waals surface area (Å²) in [7, 11) is 0. The van der Waals surface area contributed by atoms with Crippen LogP contribution in [0.1, 0.15) is 53.1 Å². The van der Waals surface area contributed by atoms with Crippen LogP contribution < -0.4 is 11.4 Å². The Morgan fingerprint density at radius 2 is 1.57 bits per heavy atom. The molecule has 0 amide bonds. The fourth-order valence-electron chi connectivity index (χ4n) is 5.19. The minimum absolute atomic E-state index is 0.00748. The molecule has 2 aliphatic carbocycles. The minimum Gasteiger partial charge on any atom is -0.245 e. The van der Waals surface area contributed by atoms with Gasteiger partial charge in [-0.3, -0.25) is 0 Å². The van der Waals surface area contributed by atoms with E-state index in [1.54, 1.807) is 24.3 Å². The molecule has 0 spiro atoms. The molecule has 28 heavy (non-hydrogen) atoms. The van der Waals surface area contributed by atoms with Gasteiger partial charge in [-0.05, 0) is 18.6 Å². The van der Waals surface area contributed by atoms with E-state index in [2.05, 4.69) is 9.97 Å². The lowest BCUT2D eigenvalue weighted by molar-refractivity contribution is 0.333. The van der Waals surface area contributed by atoms with Crippen molar-refractivity contribution < 1.29 is 0 Å². The first kappa shape index (κ1) is 15.1. The zero-order chi connectivity index (χ0) is 19.2. The summed E-state index contributed by atoms with van der Waals surface area (Å²) in [6.07, 6.45) is 0.673. The highest BCUT2D eigenvalue weighted by atomic mass is 16.2. The fraction of sp³-hybridized carbons (Fsp3) is 0.263. The Hall–Kier alpha value is -3.98. The van der Waals surface area contributed by atoms with Gasteiger partial charge in [-0.15, -0.1) is 0 Å². The lowest BCUT2D eigenvalue weighted by Crippen LogP contribution is -2.31. The number of benzene rings is 1. The van der Waals surface area contributed by atoms with Gasteiger partial charge < -0.3 is 0 Å². The molecule has 4 unspecified atom stereocenters. The summed E-state index contributed by atoms with van der Waals surface area (Å²) in [5, 5.41) is 18.5. The van der Waals surface area contributed by atoms with Crippen LogP contribution >= 0.6 is 0 Å². The molecule has 1 aliphatic heterocycles. The van der Waals surface area contributed by atoms with Crippen LogP contribution in [0.2, 0.25) is 0 Å². The van der Waals surface area contributed by atoms with Gasteiger partial charge in [-0.1, -0.05) is 18.2 Å². The summed E-state index contributed by atoms with van der Waals surface area (Å²) in [5.41, 5.74) is 1.11. The molecule has 1 fully saturated rings. The van der Waals surface area contributed by atoms with Crippen LogP contribution in [0.5, 0.6) is 0 Å². The summed E-state index contributed by atoms with van der Waals surface area (Å²) >= 11 is 0. The molecular formula is C19H11N7O2. The number of fused-ring (bicyclic) bond motifs is 4. The van der Waals surface area contributed by atoms with E-state index in [9.17, 15) is 20.1 Å². The SMILES string of the molecule is N#Cc1nc2c(nc1C#N)C1C3CC2C1n1c(=O)n(-c2ccccc2)c(=O)n13. The van der Waals surface area contributed by atoms with Crippen LogP contribution in [0.3, 0.4) is 0 Å². The van der Waals surface area contributed by atoms with Crippen molar-refractivity contribution in [3.05, 3.63) is 74.1 Å². The summed E-state index contributed by atoms with van der Waals surface area (Å²) < 4.78 is 4.26. The Balaban J connectivity index is 1.57. The van der Waals surface area contributed by atoms with E-state index in [-0.39, 0.29) is 46.7 Å². The van der Waals surface area contributed by atoms with E-state index in [1.165, 1.54) is 13.9 Å². The van der Waals surface area contributed by atoms with Crippen LogP contribution in [0.4, 0.5) is 0 Å². The van der Waals surface area contributed by atoms with E-state index < -0.39 is 0 Å². The van der Waals surface area contributed by atoms with Gasteiger partial charge in [0.15, 0.2) is 11.4 Å². The maximum absolute atomic E-state index is 13.1.